The van der Waals surface area contributed by atoms with Crippen LogP contribution in [0.25, 0.3) is 11.3 Å². The average Bonchev–Trinajstić information content (AvgIpc) is 3.29. The third-order valence-electron chi connectivity index (χ3n) is 5.10. The van der Waals surface area contributed by atoms with E-state index in [4.69, 9.17) is 25.1 Å². The smallest absolute Gasteiger partial charge is 0.183 e. The molecule has 0 aliphatic carbocycles. The van der Waals surface area contributed by atoms with Gasteiger partial charge in [-0.3, -0.25) is 16.1 Å². The number of benzene rings is 2. The number of unbranched alkanes of at least 4 members (excludes halogenated alkanes) is 2. The van der Waals surface area contributed by atoms with Crippen LogP contribution in [0.2, 0.25) is 0 Å². The van der Waals surface area contributed by atoms with Crippen molar-refractivity contribution in [3.8, 4) is 22.8 Å². The van der Waals surface area contributed by atoms with E-state index in [0.717, 1.165) is 47.2 Å². The van der Waals surface area contributed by atoms with Crippen molar-refractivity contribution < 1.29 is 14.7 Å². The van der Waals surface area contributed by atoms with Crippen LogP contribution < -0.4 is 20.3 Å². The molecule has 3 aromatic rings. The molecule has 0 bridgehead atoms. The number of aromatic nitrogens is 1. The van der Waals surface area contributed by atoms with Crippen LogP contribution >= 0.6 is 11.3 Å². The number of anilines is 1. The summed E-state index contributed by atoms with van der Waals surface area (Å²) in [6.45, 7) is 5.68. The van der Waals surface area contributed by atoms with E-state index < -0.39 is 0 Å². The third kappa shape index (κ3) is 6.94. The monoisotopic (exact) mass is 468 g/mol. The van der Waals surface area contributed by atoms with E-state index in [0.29, 0.717) is 24.7 Å². The Morgan fingerprint density at radius 3 is 2.06 bits per heavy atom. The van der Waals surface area contributed by atoms with Gasteiger partial charge in [-0.25, -0.2) is 4.98 Å². The number of thiazole rings is 1. The topological polar surface area (TPSA) is 99.5 Å². The van der Waals surface area contributed by atoms with Crippen molar-refractivity contribution in [3.05, 3.63) is 59.0 Å². The van der Waals surface area contributed by atoms with Gasteiger partial charge in [0.05, 0.1) is 18.9 Å². The molecular weight excluding hydrogens is 436 g/mol. The zero-order valence-electron chi connectivity index (χ0n) is 19.4. The Labute approximate surface area is 199 Å². The summed E-state index contributed by atoms with van der Waals surface area (Å²) in [4.78, 5) is 6.01. The summed E-state index contributed by atoms with van der Waals surface area (Å²) in [5.41, 5.74) is 4.59. The molecule has 0 aliphatic heterocycles. The number of amidine groups is 1. The Hall–Kier alpha value is -3.10. The van der Waals surface area contributed by atoms with E-state index in [1.807, 2.05) is 24.7 Å². The lowest BCUT2D eigenvalue weighted by Gasteiger charge is -2.09. The maximum absolute atomic E-state index is 8.75. The van der Waals surface area contributed by atoms with Gasteiger partial charge < -0.3 is 14.8 Å². The first-order valence-corrected chi connectivity index (χ1v) is 12.0. The fraction of sp³-hybridized carbons (Fsp3) is 0.360. The Bertz CT molecular complexity index is 1020. The standard InChI is InChI=1S/C25H32N4O3S/c1-17(2)23-22(28-25(27-3)33-23)18-7-11-20(12-8-18)31-15-5-4-6-16-32-21-13-9-19(10-14-21)24(26)29-30/h7-14,17,30H,4-6,15-16H2,1-3H3,(H2,26,29)(H,27,28). The van der Waals surface area contributed by atoms with Gasteiger partial charge in [0.2, 0.25) is 0 Å². The molecule has 0 radical (unpaired) electrons. The molecule has 2 aromatic carbocycles. The molecule has 0 unspecified atom stereocenters. The minimum atomic E-state index is -0.0393. The van der Waals surface area contributed by atoms with Crippen molar-refractivity contribution in [1.82, 2.24) is 10.5 Å². The molecule has 0 spiro atoms. The lowest BCUT2D eigenvalue weighted by atomic mass is 10.1. The largest absolute Gasteiger partial charge is 0.494 e. The minimum absolute atomic E-state index is 0.0393. The third-order valence-corrected chi connectivity index (χ3v) is 6.47. The zero-order valence-corrected chi connectivity index (χ0v) is 20.2. The van der Waals surface area contributed by atoms with Crippen molar-refractivity contribution >= 4 is 22.3 Å². The Morgan fingerprint density at radius 2 is 1.55 bits per heavy atom. The number of hydrogen-bond donors (Lipinski definition) is 4. The van der Waals surface area contributed by atoms with Crippen molar-refractivity contribution in [1.29, 1.82) is 5.41 Å². The first kappa shape index (κ1) is 24.5. The highest BCUT2D eigenvalue weighted by Gasteiger charge is 2.15. The normalized spacial score (nSPS) is 10.8. The molecule has 176 valence electrons. The number of hydrogen-bond acceptors (Lipinski definition) is 7. The number of rotatable bonds is 12. The molecule has 7 nitrogen and oxygen atoms in total. The maximum atomic E-state index is 8.75. The first-order chi connectivity index (χ1) is 16.0. The molecule has 0 saturated heterocycles. The molecule has 0 fully saturated rings. The lowest BCUT2D eigenvalue weighted by molar-refractivity contribution is 0.234. The second-order valence-electron chi connectivity index (χ2n) is 7.93. The number of nitrogens with zero attached hydrogens (tertiary/aromatic N) is 1. The van der Waals surface area contributed by atoms with E-state index in [9.17, 15) is 0 Å². The highest BCUT2D eigenvalue weighted by molar-refractivity contribution is 7.16. The van der Waals surface area contributed by atoms with Gasteiger partial charge in [-0.1, -0.05) is 13.8 Å². The number of hydroxylamine groups is 1. The molecule has 0 saturated carbocycles. The molecule has 1 heterocycles. The Balaban J connectivity index is 1.37. The summed E-state index contributed by atoms with van der Waals surface area (Å²) in [6.07, 6.45) is 2.91. The van der Waals surface area contributed by atoms with Crippen LogP contribution in [0, 0.1) is 5.41 Å². The number of nitrogens with one attached hydrogen (secondary N) is 3. The van der Waals surface area contributed by atoms with Crippen LogP contribution in [0.3, 0.4) is 0 Å². The molecule has 0 aliphatic rings. The number of ether oxygens (including phenoxy) is 2. The average molecular weight is 469 g/mol. The van der Waals surface area contributed by atoms with Gasteiger partial charge in [-0.2, -0.15) is 0 Å². The molecule has 4 N–H and O–H groups in total. The molecule has 33 heavy (non-hydrogen) atoms. The summed E-state index contributed by atoms with van der Waals surface area (Å²) in [6, 6.07) is 15.2. The van der Waals surface area contributed by atoms with Gasteiger partial charge >= 0.3 is 0 Å². The van der Waals surface area contributed by atoms with Crippen LogP contribution in [0.5, 0.6) is 11.5 Å². The highest BCUT2D eigenvalue weighted by Crippen LogP contribution is 2.36. The van der Waals surface area contributed by atoms with E-state index in [-0.39, 0.29) is 5.84 Å². The summed E-state index contributed by atoms with van der Waals surface area (Å²) in [5, 5.41) is 20.3. The van der Waals surface area contributed by atoms with Crippen molar-refractivity contribution in [2.24, 2.45) is 0 Å². The van der Waals surface area contributed by atoms with Gasteiger partial charge in [0.1, 0.15) is 17.3 Å². The Kier molecular flexibility index (Phi) is 9.09. The molecule has 8 heteroatoms. The van der Waals surface area contributed by atoms with Gasteiger partial charge in [0.15, 0.2) is 5.13 Å². The summed E-state index contributed by atoms with van der Waals surface area (Å²) in [5.74, 6) is 2.01. The fourth-order valence-electron chi connectivity index (χ4n) is 3.29. The van der Waals surface area contributed by atoms with E-state index in [1.165, 1.54) is 4.88 Å². The van der Waals surface area contributed by atoms with Crippen molar-refractivity contribution in [2.75, 3.05) is 25.6 Å². The second kappa shape index (κ2) is 12.2. The van der Waals surface area contributed by atoms with Crippen LogP contribution in [0.15, 0.2) is 48.5 Å². The SMILES string of the molecule is CNc1nc(-c2ccc(OCCCCCOc3ccc(C(=N)NO)cc3)cc2)c(C(C)C)s1. The van der Waals surface area contributed by atoms with Gasteiger partial charge in [-0.15, -0.1) is 11.3 Å². The van der Waals surface area contributed by atoms with Crippen LogP contribution in [0.4, 0.5) is 5.13 Å². The molecule has 1 aromatic heterocycles. The lowest BCUT2D eigenvalue weighted by Crippen LogP contribution is -2.18. The predicted octanol–water partition coefficient (Wildman–Crippen LogP) is 5.91. The predicted molar refractivity (Wildman–Crippen MR) is 134 cm³/mol. The summed E-state index contributed by atoms with van der Waals surface area (Å²) >= 11 is 1.71. The molecule has 3 rings (SSSR count). The van der Waals surface area contributed by atoms with E-state index >= 15 is 0 Å². The van der Waals surface area contributed by atoms with Crippen LogP contribution in [-0.2, 0) is 0 Å². The van der Waals surface area contributed by atoms with Crippen molar-refractivity contribution in [3.63, 3.8) is 0 Å². The van der Waals surface area contributed by atoms with Crippen LogP contribution in [-0.4, -0.2) is 36.3 Å². The molecular formula is C25H32N4O3S. The summed E-state index contributed by atoms with van der Waals surface area (Å²) < 4.78 is 11.6. The fourth-order valence-corrected chi connectivity index (χ4v) is 4.23. The molecule has 0 amide bonds. The van der Waals surface area contributed by atoms with Crippen molar-refractivity contribution in [2.45, 2.75) is 39.0 Å². The van der Waals surface area contributed by atoms with Gasteiger partial charge in [0, 0.05) is 23.1 Å². The van der Waals surface area contributed by atoms with E-state index in [1.54, 1.807) is 35.6 Å². The first-order valence-electron chi connectivity index (χ1n) is 11.2. The summed E-state index contributed by atoms with van der Waals surface area (Å²) in [7, 11) is 1.90. The minimum Gasteiger partial charge on any atom is -0.494 e. The van der Waals surface area contributed by atoms with Gasteiger partial charge in [-0.05, 0) is 73.7 Å². The van der Waals surface area contributed by atoms with Gasteiger partial charge in [0.25, 0.3) is 0 Å². The quantitative estimate of drug-likeness (QED) is 0.114. The second-order valence-corrected chi connectivity index (χ2v) is 8.96. The maximum Gasteiger partial charge on any atom is 0.183 e. The zero-order chi connectivity index (χ0) is 23.6. The van der Waals surface area contributed by atoms with E-state index in [2.05, 4.69) is 31.3 Å². The molecule has 0 atom stereocenters. The van der Waals surface area contributed by atoms with Crippen LogP contribution in [0.1, 0.15) is 49.5 Å². The Morgan fingerprint density at radius 1 is 0.970 bits per heavy atom. The highest BCUT2D eigenvalue weighted by atomic mass is 32.1.